The first-order chi connectivity index (χ1) is 15.3. The van der Waals surface area contributed by atoms with Crippen molar-refractivity contribution in [3.05, 3.63) is 36.0 Å². The quantitative estimate of drug-likeness (QED) is 0.466. The Labute approximate surface area is 202 Å². The molecule has 1 heterocycles. The van der Waals surface area contributed by atoms with E-state index in [1.807, 2.05) is 62.0 Å². The number of nitrogens with zero attached hydrogens (tertiary/aromatic N) is 3. The van der Waals surface area contributed by atoms with Crippen LogP contribution in [0.2, 0.25) is 0 Å². The van der Waals surface area contributed by atoms with Crippen LogP contribution in [0.3, 0.4) is 0 Å². The van der Waals surface area contributed by atoms with Gasteiger partial charge in [0.25, 0.3) is 0 Å². The summed E-state index contributed by atoms with van der Waals surface area (Å²) >= 11 is 1.65. The molecule has 1 aromatic carbocycles. The summed E-state index contributed by atoms with van der Waals surface area (Å²) in [7, 11) is 0. The minimum Gasteiger partial charge on any atom is -0.315 e. The van der Waals surface area contributed by atoms with E-state index >= 15 is 0 Å². The van der Waals surface area contributed by atoms with E-state index in [0.717, 1.165) is 23.4 Å². The molecule has 0 aliphatic carbocycles. The molecule has 0 fully saturated rings. The van der Waals surface area contributed by atoms with E-state index in [9.17, 15) is 9.59 Å². The lowest BCUT2D eigenvalue weighted by atomic mass is 9.92. The molecule has 7 nitrogen and oxygen atoms in total. The van der Waals surface area contributed by atoms with Crippen LogP contribution in [-0.4, -0.2) is 46.0 Å². The minimum atomic E-state index is -0.297. The van der Waals surface area contributed by atoms with E-state index in [0.29, 0.717) is 18.1 Å². The van der Waals surface area contributed by atoms with E-state index < -0.39 is 0 Å². The summed E-state index contributed by atoms with van der Waals surface area (Å²) in [6.45, 7) is 15.0. The molecule has 0 atom stereocenters. The molecule has 0 radical (unpaired) electrons. The van der Waals surface area contributed by atoms with Crippen molar-refractivity contribution in [3.8, 4) is 0 Å². The lowest BCUT2D eigenvalue weighted by Crippen LogP contribution is -2.41. The number of carbonyl (C=O) groups excluding carboxylic acids is 2. The van der Waals surface area contributed by atoms with Gasteiger partial charge in [-0.05, 0) is 57.7 Å². The molecule has 3 amide bonds. The number of anilines is 2. The number of thioether (sulfide) groups is 1. The lowest BCUT2D eigenvalue weighted by molar-refractivity contribution is -0.116. The minimum absolute atomic E-state index is 0.0328. The van der Waals surface area contributed by atoms with Crippen LogP contribution in [0.25, 0.3) is 0 Å². The van der Waals surface area contributed by atoms with Gasteiger partial charge < -0.3 is 15.5 Å². The number of hydrogen-bond donors (Lipinski definition) is 2. The molecule has 0 aliphatic heterocycles. The second-order valence-electron chi connectivity index (χ2n) is 10.2. The summed E-state index contributed by atoms with van der Waals surface area (Å²) in [6, 6.07) is 9.31. The number of benzene rings is 1. The van der Waals surface area contributed by atoms with Crippen molar-refractivity contribution < 1.29 is 9.59 Å². The van der Waals surface area contributed by atoms with Crippen LogP contribution in [0.1, 0.15) is 67.0 Å². The Bertz CT molecular complexity index is 939. The first-order valence-electron chi connectivity index (χ1n) is 11.5. The number of unbranched alkanes of at least 4 members (excludes halogenated alkanes) is 1. The zero-order valence-electron chi connectivity index (χ0n) is 21.3. The van der Waals surface area contributed by atoms with Crippen LogP contribution >= 0.6 is 11.8 Å². The number of nitrogens with one attached hydrogen (secondary N) is 2. The third kappa shape index (κ3) is 7.81. The number of rotatable bonds is 8. The molecule has 33 heavy (non-hydrogen) atoms. The molecule has 0 unspecified atom stereocenters. The van der Waals surface area contributed by atoms with Crippen molar-refractivity contribution in [2.45, 2.75) is 77.2 Å². The highest BCUT2D eigenvalue weighted by molar-refractivity contribution is 7.98. The summed E-state index contributed by atoms with van der Waals surface area (Å²) in [5, 5.41) is 10.6. The average Bonchev–Trinajstić information content (AvgIpc) is 3.16. The van der Waals surface area contributed by atoms with Gasteiger partial charge in [0.15, 0.2) is 0 Å². The molecule has 0 aliphatic rings. The van der Waals surface area contributed by atoms with Gasteiger partial charge in [-0.1, -0.05) is 34.1 Å². The Hall–Kier alpha value is -2.48. The van der Waals surface area contributed by atoms with Gasteiger partial charge in [0.1, 0.15) is 12.4 Å². The average molecular weight is 474 g/mol. The summed E-state index contributed by atoms with van der Waals surface area (Å²) in [5.41, 5.74) is 1.17. The molecule has 182 valence electrons. The first kappa shape index (κ1) is 26.8. The van der Waals surface area contributed by atoms with Crippen molar-refractivity contribution in [1.29, 1.82) is 0 Å². The van der Waals surface area contributed by atoms with Gasteiger partial charge in [0, 0.05) is 28.6 Å². The van der Waals surface area contributed by atoms with Gasteiger partial charge in [-0.2, -0.15) is 5.10 Å². The van der Waals surface area contributed by atoms with Gasteiger partial charge in [-0.15, -0.1) is 11.8 Å². The fourth-order valence-electron chi connectivity index (χ4n) is 3.18. The second kappa shape index (κ2) is 11.1. The highest BCUT2D eigenvalue weighted by Gasteiger charge is 2.26. The highest BCUT2D eigenvalue weighted by Crippen LogP contribution is 2.28. The lowest BCUT2D eigenvalue weighted by Gasteiger charge is -2.25. The van der Waals surface area contributed by atoms with E-state index in [1.54, 1.807) is 16.7 Å². The SMILES string of the molecule is CCCCN(CC(=O)Nc1cc(C(C)(C)C)nn1C(C)(C)C)C(=O)Nc1ccc(SC)cc1. The maximum Gasteiger partial charge on any atom is 0.322 e. The Morgan fingerprint density at radius 2 is 1.70 bits per heavy atom. The summed E-state index contributed by atoms with van der Waals surface area (Å²) in [6.07, 6.45) is 3.76. The zero-order chi connectivity index (χ0) is 24.8. The monoisotopic (exact) mass is 473 g/mol. The van der Waals surface area contributed by atoms with Crippen molar-refractivity contribution in [3.63, 3.8) is 0 Å². The number of carbonyl (C=O) groups is 2. The standard InChI is InChI=1S/C25H39N5O2S/c1-9-10-15-29(23(32)26-18-11-13-19(33-8)14-12-18)17-22(31)27-21-16-20(24(2,3)4)28-30(21)25(5,6)7/h11-14,16H,9-10,15,17H2,1-8H3,(H,26,32)(H,27,31). The maximum atomic E-state index is 13.0. The first-order valence-corrected chi connectivity index (χ1v) is 12.7. The number of aromatic nitrogens is 2. The molecule has 0 saturated carbocycles. The summed E-state index contributed by atoms with van der Waals surface area (Å²) < 4.78 is 1.84. The molecule has 0 bridgehead atoms. The summed E-state index contributed by atoms with van der Waals surface area (Å²) in [5.74, 6) is 0.394. The van der Waals surface area contributed by atoms with E-state index in [2.05, 4.69) is 38.3 Å². The number of urea groups is 1. The third-order valence-corrected chi connectivity index (χ3v) is 5.87. The molecule has 8 heteroatoms. The third-order valence-electron chi connectivity index (χ3n) is 5.13. The van der Waals surface area contributed by atoms with Crippen LogP contribution in [0.5, 0.6) is 0 Å². The van der Waals surface area contributed by atoms with E-state index in [1.165, 1.54) is 0 Å². The van der Waals surface area contributed by atoms with Gasteiger partial charge in [0.05, 0.1) is 11.2 Å². The van der Waals surface area contributed by atoms with Crippen LogP contribution in [0.15, 0.2) is 35.2 Å². The number of amides is 3. The van der Waals surface area contributed by atoms with Crippen molar-refractivity contribution in [2.75, 3.05) is 30.0 Å². The van der Waals surface area contributed by atoms with Crippen LogP contribution in [-0.2, 0) is 15.7 Å². The Morgan fingerprint density at radius 3 is 2.21 bits per heavy atom. The van der Waals surface area contributed by atoms with Gasteiger partial charge >= 0.3 is 6.03 Å². The van der Waals surface area contributed by atoms with Gasteiger partial charge in [-0.3, -0.25) is 4.79 Å². The Morgan fingerprint density at radius 1 is 1.06 bits per heavy atom. The van der Waals surface area contributed by atoms with Crippen LogP contribution < -0.4 is 10.6 Å². The molecule has 0 saturated heterocycles. The molecule has 2 N–H and O–H groups in total. The predicted octanol–water partition coefficient (Wildman–Crippen LogP) is 5.93. The Kier molecular flexibility index (Phi) is 9.00. The smallest absolute Gasteiger partial charge is 0.315 e. The van der Waals surface area contributed by atoms with Crippen molar-refractivity contribution >= 4 is 35.2 Å². The molecule has 2 rings (SSSR count). The molecule has 2 aromatic rings. The fraction of sp³-hybridized carbons (Fsp3) is 0.560. The summed E-state index contributed by atoms with van der Waals surface area (Å²) in [4.78, 5) is 28.6. The van der Waals surface area contributed by atoms with Crippen LogP contribution in [0, 0.1) is 0 Å². The van der Waals surface area contributed by atoms with Gasteiger partial charge in [-0.25, -0.2) is 9.48 Å². The van der Waals surface area contributed by atoms with E-state index in [-0.39, 0.29) is 29.4 Å². The molecule has 1 aromatic heterocycles. The largest absolute Gasteiger partial charge is 0.322 e. The van der Waals surface area contributed by atoms with Crippen LogP contribution in [0.4, 0.5) is 16.3 Å². The van der Waals surface area contributed by atoms with E-state index in [4.69, 9.17) is 5.10 Å². The normalized spacial score (nSPS) is 11.9. The molecule has 0 spiro atoms. The van der Waals surface area contributed by atoms with Crippen molar-refractivity contribution in [1.82, 2.24) is 14.7 Å². The molecular formula is C25H39N5O2S. The highest BCUT2D eigenvalue weighted by atomic mass is 32.2. The van der Waals surface area contributed by atoms with Crippen molar-refractivity contribution in [2.24, 2.45) is 0 Å². The number of hydrogen-bond acceptors (Lipinski definition) is 4. The molecular weight excluding hydrogens is 434 g/mol. The Balaban J connectivity index is 2.16. The van der Waals surface area contributed by atoms with Gasteiger partial charge in [0.2, 0.25) is 5.91 Å². The topological polar surface area (TPSA) is 79.3 Å². The second-order valence-corrected chi connectivity index (χ2v) is 11.1. The predicted molar refractivity (Wildman–Crippen MR) is 138 cm³/mol. The fourth-order valence-corrected chi connectivity index (χ4v) is 3.59. The zero-order valence-corrected chi connectivity index (χ0v) is 22.1. The maximum absolute atomic E-state index is 13.0.